The molecule has 5 heteroatoms. The van der Waals surface area contributed by atoms with Crippen LogP contribution >= 0.6 is 0 Å². The maximum absolute atomic E-state index is 12.1. The summed E-state index contributed by atoms with van der Waals surface area (Å²) in [4.78, 5) is 7.06. The summed E-state index contributed by atoms with van der Waals surface area (Å²) in [6.07, 6.45) is -1.60. The maximum Gasteiger partial charge on any atom is 0.434 e. The second-order valence-corrected chi connectivity index (χ2v) is 3.13. The van der Waals surface area contributed by atoms with Gasteiger partial charge < -0.3 is 0 Å². The van der Waals surface area contributed by atoms with Gasteiger partial charge in [0.15, 0.2) is 5.69 Å². The van der Waals surface area contributed by atoms with E-state index >= 15 is 0 Å². The molecule has 2 nitrogen and oxygen atoms in total. The summed E-state index contributed by atoms with van der Waals surface area (Å²) in [6.45, 7) is 3.85. The number of rotatable bonds is 2. The molecular weight excluding hydrogens is 193 g/mol. The lowest BCUT2D eigenvalue weighted by atomic mass is 10.1. The maximum atomic E-state index is 12.1. The second-order valence-electron chi connectivity index (χ2n) is 3.13. The van der Waals surface area contributed by atoms with Gasteiger partial charge in [0.25, 0.3) is 0 Å². The Morgan fingerprint density at radius 2 is 1.93 bits per heavy atom. The molecule has 1 aromatic rings. The Balaban J connectivity index is 2.89. The first-order valence-electron chi connectivity index (χ1n) is 4.34. The monoisotopic (exact) mass is 204 g/mol. The average Bonchev–Trinajstić information content (AvgIpc) is 2.15. The van der Waals surface area contributed by atoms with Crippen LogP contribution in [0.3, 0.4) is 0 Å². The number of nitrogens with zero attached hydrogens (tertiary/aromatic N) is 2. The van der Waals surface area contributed by atoms with Crippen molar-refractivity contribution in [3.05, 3.63) is 23.8 Å². The quantitative estimate of drug-likeness (QED) is 0.740. The topological polar surface area (TPSA) is 25.8 Å². The fraction of sp³-hybridized carbons (Fsp3) is 0.556. The molecule has 0 spiro atoms. The van der Waals surface area contributed by atoms with Gasteiger partial charge in [0, 0.05) is 6.20 Å². The minimum absolute atomic E-state index is 0.143. The van der Waals surface area contributed by atoms with Crippen molar-refractivity contribution in [2.24, 2.45) is 0 Å². The van der Waals surface area contributed by atoms with Gasteiger partial charge in [-0.2, -0.15) is 13.2 Å². The van der Waals surface area contributed by atoms with E-state index in [0.29, 0.717) is 5.69 Å². The first-order chi connectivity index (χ1) is 6.45. The third kappa shape index (κ3) is 2.43. The van der Waals surface area contributed by atoms with Gasteiger partial charge in [-0.15, -0.1) is 0 Å². The predicted molar refractivity (Wildman–Crippen MR) is 45.7 cm³/mol. The molecule has 0 radical (unpaired) electrons. The Labute approximate surface area is 80.2 Å². The molecule has 1 heterocycles. The zero-order chi connectivity index (χ0) is 10.8. The molecule has 0 fully saturated rings. The lowest BCUT2D eigenvalue weighted by Gasteiger charge is -2.09. The average molecular weight is 204 g/mol. The smallest absolute Gasteiger partial charge is 0.257 e. The van der Waals surface area contributed by atoms with Crippen LogP contribution in [0.5, 0.6) is 0 Å². The van der Waals surface area contributed by atoms with Gasteiger partial charge in [0.1, 0.15) is 0 Å². The Morgan fingerprint density at radius 1 is 1.29 bits per heavy atom. The van der Waals surface area contributed by atoms with E-state index in [4.69, 9.17) is 0 Å². The molecule has 0 aliphatic rings. The van der Waals surface area contributed by atoms with Crippen LogP contribution in [0.15, 0.2) is 12.4 Å². The van der Waals surface area contributed by atoms with Crippen LogP contribution in [0.1, 0.15) is 37.6 Å². The third-order valence-corrected chi connectivity index (χ3v) is 2.08. The summed E-state index contributed by atoms with van der Waals surface area (Å²) in [5.41, 5.74) is -0.343. The Kier molecular flexibility index (Phi) is 3.08. The van der Waals surface area contributed by atoms with Gasteiger partial charge in [0.05, 0.1) is 11.9 Å². The van der Waals surface area contributed by atoms with E-state index in [9.17, 15) is 13.2 Å². The van der Waals surface area contributed by atoms with Crippen LogP contribution in [0.4, 0.5) is 13.2 Å². The third-order valence-electron chi connectivity index (χ3n) is 2.08. The predicted octanol–water partition coefficient (Wildman–Crippen LogP) is 3.01. The first-order valence-corrected chi connectivity index (χ1v) is 4.34. The fourth-order valence-corrected chi connectivity index (χ4v) is 0.948. The number of halogens is 3. The molecule has 0 aliphatic heterocycles. The van der Waals surface area contributed by atoms with E-state index in [0.717, 1.165) is 12.6 Å². The van der Waals surface area contributed by atoms with Crippen LogP contribution in [-0.4, -0.2) is 9.97 Å². The van der Waals surface area contributed by atoms with Crippen molar-refractivity contribution in [1.82, 2.24) is 9.97 Å². The molecular formula is C9H11F3N2. The second kappa shape index (κ2) is 3.94. The standard InChI is InChI=1S/C9H11F3N2/c1-3-6(2)7-4-14-8(5-13-7)9(10,11)12/h4-6H,3H2,1-2H3/t6-/m0/s1. The van der Waals surface area contributed by atoms with E-state index in [1.807, 2.05) is 13.8 Å². The zero-order valence-corrected chi connectivity index (χ0v) is 7.97. The summed E-state index contributed by atoms with van der Waals surface area (Å²) < 4.78 is 36.3. The molecule has 14 heavy (non-hydrogen) atoms. The molecule has 0 unspecified atom stereocenters. The molecule has 0 aliphatic carbocycles. The van der Waals surface area contributed by atoms with Crippen LogP contribution in [0.25, 0.3) is 0 Å². The number of hydrogen-bond donors (Lipinski definition) is 0. The minimum atomic E-state index is -4.40. The normalized spacial score (nSPS) is 14.1. The molecule has 0 amide bonds. The van der Waals surface area contributed by atoms with Crippen LogP contribution < -0.4 is 0 Å². The number of hydrogen-bond acceptors (Lipinski definition) is 2. The van der Waals surface area contributed by atoms with Crippen LogP contribution in [-0.2, 0) is 6.18 Å². The summed E-state index contributed by atoms with van der Waals surface area (Å²) >= 11 is 0. The number of aromatic nitrogens is 2. The zero-order valence-electron chi connectivity index (χ0n) is 7.97. The molecule has 0 N–H and O–H groups in total. The highest BCUT2D eigenvalue weighted by atomic mass is 19.4. The molecule has 0 bridgehead atoms. The summed E-state index contributed by atoms with van der Waals surface area (Å²) in [6, 6.07) is 0. The van der Waals surface area contributed by atoms with Gasteiger partial charge >= 0.3 is 6.18 Å². The lowest BCUT2D eigenvalue weighted by Crippen LogP contribution is -2.09. The molecule has 1 rings (SSSR count). The van der Waals surface area contributed by atoms with E-state index in [1.54, 1.807) is 0 Å². The molecule has 78 valence electrons. The van der Waals surface area contributed by atoms with E-state index in [-0.39, 0.29) is 5.92 Å². The molecule has 1 atom stereocenters. The summed E-state index contributed by atoms with van der Waals surface area (Å²) in [5.74, 6) is 0.143. The van der Waals surface area contributed by atoms with Crippen LogP contribution in [0.2, 0.25) is 0 Å². The lowest BCUT2D eigenvalue weighted by molar-refractivity contribution is -0.141. The molecule has 0 aromatic carbocycles. The minimum Gasteiger partial charge on any atom is -0.257 e. The number of alkyl halides is 3. The Hall–Kier alpha value is -1.13. The fourth-order valence-electron chi connectivity index (χ4n) is 0.948. The Morgan fingerprint density at radius 3 is 2.29 bits per heavy atom. The highest BCUT2D eigenvalue weighted by Crippen LogP contribution is 2.27. The summed E-state index contributed by atoms with van der Waals surface area (Å²) in [7, 11) is 0. The van der Waals surface area contributed by atoms with E-state index in [1.165, 1.54) is 6.20 Å². The largest absolute Gasteiger partial charge is 0.434 e. The van der Waals surface area contributed by atoms with Crippen molar-refractivity contribution < 1.29 is 13.2 Å². The highest BCUT2D eigenvalue weighted by molar-refractivity contribution is 5.08. The van der Waals surface area contributed by atoms with E-state index < -0.39 is 11.9 Å². The highest BCUT2D eigenvalue weighted by Gasteiger charge is 2.32. The van der Waals surface area contributed by atoms with Gasteiger partial charge in [-0.3, -0.25) is 4.98 Å². The van der Waals surface area contributed by atoms with Crippen molar-refractivity contribution in [2.45, 2.75) is 32.4 Å². The van der Waals surface area contributed by atoms with Crippen LogP contribution in [0, 0.1) is 0 Å². The van der Waals surface area contributed by atoms with Crippen molar-refractivity contribution in [3.63, 3.8) is 0 Å². The van der Waals surface area contributed by atoms with Gasteiger partial charge in [-0.05, 0) is 12.3 Å². The SMILES string of the molecule is CC[C@H](C)c1cnc(C(F)(F)F)cn1. The Bertz CT molecular complexity index is 292. The van der Waals surface area contributed by atoms with Crippen molar-refractivity contribution in [3.8, 4) is 0 Å². The van der Waals surface area contributed by atoms with E-state index in [2.05, 4.69) is 9.97 Å². The first kappa shape index (κ1) is 10.9. The van der Waals surface area contributed by atoms with Crippen molar-refractivity contribution >= 4 is 0 Å². The molecule has 0 saturated heterocycles. The van der Waals surface area contributed by atoms with Gasteiger partial charge in [-0.1, -0.05) is 13.8 Å². The van der Waals surface area contributed by atoms with Gasteiger partial charge in [-0.25, -0.2) is 4.98 Å². The van der Waals surface area contributed by atoms with Crippen molar-refractivity contribution in [2.75, 3.05) is 0 Å². The van der Waals surface area contributed by atoms with Crippen molar-refractivity contribution in [1.29, 1.82) is 0 Å². The molecule has 0 saturated carbocycles. The summed E-state index contributed by atoms with van der Waals surface area (Å²) in [5, 5.41) is 0. The van der Waals surface area contributed by atoms with Gasteiger partial charge in [0.2, 0.25) is 0 Å². The molecule has 1 aromatic heterocycles.